The molecule has 0 unspecified atom stereocenters. The monoisotopic (exact) mass is 411 g/mol. The smallest absolute Gasteiger partial charge is 0.325 e. The Balaban J connectivity index is 2.04. The fraction of sp³-hybridized carbons (Fsp3) is 0.273. The highest BCUT2D eigenvalue weighted by Gasteiger charge is 2.27. The van der Waals surface area contributed by atoms with Gasteiger partial charge in [0.1, 0.15) is 12.6 Å². The van der Waals surface area contributed by atoms with Gasteiger partial charge in [-0.1, -0.05) is 60.7 Å². The number of hydrazone groups is 1. The quantitative estimate of drug-likeness (QED) is 0.384. The summed E-state index contributed by atoms with van der Waals surface area (Å²) in [4.78, 5) is 35.5. The number of benzene rings is 2. The van der Waals surface area contributed by atoms with Crippen LogP contribution in [0.4, 0.5) is 0 Å². The standard InChI is InChI=1S/C22H25N3O5/c1-16(24-19(22(29)30)13-12-17-8-4-2-5-9-17)21(28)25(15-20(26)27)23-14-18-10-6-3-7-11-18/h2-11,14,16,19,24H,12-13,15H2,1H3,(H,26,27)(H,29,30)/t16-,19-/m0/s1. The number of carboxylic acids is 2. The molecular formula is C22H25N3O5. The van der Waals surface area contributed by atoms with Crippen LogP contribution >= 0.6 is 0 Å². The van der Waals surface area contributed by atoms with Crippen molar-refractivity contribution in [3.63, 3.8) is 0 Å². The number of carbonyl (C=O) groups excluding carboxylic acids is 1. The maximum atomic E-state index is 12.7. The Bertz CT molecular complexity index is 871. The Hall–Kier alpha value is -3.52. The SMILES string of the molecule is C[C@H](N[C@@H](CCc1ccccc1)C(=O)O)C(=O)N(CC(=O)O)N=Cc1ccccc1. The van der Waals surface area contributed by atoms with Crippen molar-refractivity contribution in [1.29, 1.82) is 0 Å². The fourth-order valence-electron chi connectivity index (χ4n) is 2.81. The second-order valence-corrected chi connectivity index (χ2v) is 6.75. The Morgan fingerprint density at radius 2 is 1.63 bits per heavy atom. The number of aryl methyl sites for hydroxylation is 1. The molecule has 30 heavy (non-hydrogen) atoms. The number of nitrogens with one attached hydrogen (secondary N) is 1. The predicted octanol–water partition coefficient (Wildman–Crippen LogP) is 2.00. The third-order valence-electron chi connectivity index (χ3n) is 4.37. The van der Waals surface area contributed by atoms with Gasteiger partial charge in [-0.2, -0.15) is 5.10 Å². The van der Waals surface area contributed by atoms with Gasteiger partial charge in [0, 0.05) is 0 Å². The van der Waals surface area contributed by atoms with E-state index in [1.165, 1.54) is 13.1 Å². The predicted molar refractivity (Wildman–Crippen MR) is 112 cm³/mol. The molecule has 0 aliphatic heterocycles. The number of nitrogens with zero attached hydrogens (tertiary/aromatic N) is 2. The van der Waals surface area contributed by atoms with Crippen LogP contribution in [0.3, 0.4) is 0 Å². The van der Waals surface area contributed by atoms with Gasteiger partial charge in [0.05, 0.1) is 12.3 Å². The molecule has 0 aliphatic carbocycles. The van der Waals surface area contributed by atoms with Crippen LogP contribution in [0.25, 0.3) is 0 Å². The van der Waals surface area contributed by atoms with Crippen molar-refractivity contribution in [3.05, 3.63) is 71.8 Å². The van der Waals surface area contributed by atoms with Gasteiger partial charge in [-0.25, -0.2) is 5.01 Å². The molecule has 0 aliphatic rings. The molecule has 1 amide bonds. The van der Waals surface area contributed by atoms with Crippen LogP contribution in [0.1, 0.15) is 24.5 Å². The lowest BCUT2D eigenvalue weighted by atomic mass is 10.0. The van der Waals surface area contributed by atoms with E-state index >= 15 is 0 Å². The minimum atomic E-state index is -1.22. The van der Waals surface area contributed by atoms with E-state index in [2.05, 4.69) is 10.4 Å². The fourth-order valence-corrected chi connectivity index (χ4v) is 2.81. The highest BCUT2D eigenvalue weighted by Crippen LogP contribution is 2.07. The van der Waals surface area contributed by atoms with Gasteiger partial charge in [0.15, 0.2) is 0 Å². The van der Waals surface area contributed by atoms with Crippen LogP contribution in [0.5, 0.6) is 0 Å². The minimum Gasteiger partial charge on any atom is -0.480 e. The number of amides is 1. The van der Waals surface area contributed by atoms with Crippen LogP contribution in [0.15, 0.2) is 65.8 Å². The summed E-state index contributed by atoms with van der Waals surface area (Å²) in [6.45, 7) is 0.865. The van der Waals surface area contributed by atoms with Gasteiger partial charge in [-0.3, -0.25) is 19.7 Å². The van der Waals surface area contributed by atoms with E-state index in [9.17, 15) is 19.5 Å². The third-order valence-corrected chi connectivity index (χ3v) is 4.37. The van der Waals surface area contributed by atoms with Crippen LogP contribution in [0.2, 0.25) is 0 Å². The summed E-state index contributed by atoms with van der Waals surface area (Å²) < 4.78 is 0. The first-order valence-corrected chi connectivity index (χ1v) is 9.52. The largest absolute Gasteiger partial charge is 0.480 e. The van der Waals surface area contributed by atoms with Crippen molar-refractivity contribution in [1.82, 2.24) is 10.3 Å². The lowest BCUT2D eigenvalue weighted by Gasteiger charge is -2.23. The van der Waals surface area contributed by atoms with Gasteiger partial charge in [-0.05, 0) is 30.9 Å². The van der Waals surface area contributed by atoms with Crippen molar-refractivity contribution in [2.45, 2.75) is 31.8 Å². The van der Waals surface area contributed by atoms with Crippen molar-refractivity contribution < 1.29 is 24.6 Å². The molecule has 2 rings (SSSR count). The molecule has 0 aromatic heterocycles. The van der Waals surface area contributed by atoms with E-state index in [-0.39, 0.29) is 6.42 Å². The van der Waals surface area contributed by atoms with E-state index in [4.69, 9.17) is 5.11 Å². The molecule has 8 heteroatoms. The van der Waals surface area contributed by atoms with Gasteiger partial charge in [0.2, 0.25) is 0 Å². The summed E-state index contributed by atoms with van der Waals surface area (Å²) in [5.41, 5.74) is 1.69. The second-order valence-electron chi connectivity index (χ2n) is 6.75. The van der Waals surface area contributed by atoms with Crippen LogP contribution in [-0.4, -0.2) is 57.9 Å². The van der Waals surface area contributed by atoms with Crippen LogP contribution < -0.4 is 5.32 Å². The summed E-state index contributed by atoms with van der Waals surface area (Å²) in [7, 11) is 0. The number of carbonyl (C=O) groups is 3. The topological polar surface area (TPSA) is 119 Å². The Labute approximate surface area is 174 Å². The second kappa shape index (κ2) is 11.5. The van der Waals surface area contributed by atoms with Gasteiger partial charge >= 0.3 is 11.9 Å². The zero-order chi connectivity index (χ0) is 21.9. The van der Waals surface area contributed by atoms with Crippen LogP contribution in [0, 0.1) is 0 Å². The molecule has 2 aromatic carbocycles. The number of rotatable bonds is 11. The molecule has 0 bridgehead atoms. The molecule has 0 fully saturated rings. The third kappa shape index (κ3) is 7.48. The van der Waals surface area contributed by atoms with Crippen molar-refractivity contribution in [3.8, 4) is 0 Å². The summed E-state index contributed by atoms with van der Waals surface area (Å²) >= 11 is 0. The summed E-state index contributed by atoms with van der Waals surface area (Å²) in [6.07, 6.45) is 2.19. The normalized spacial score (nSPS) is 13.0. The van der Waals surface area contributed by atoms with E-state index < -0.39 is 36.5 Å². The van der Waals surface area contributed by atoms with Crippen molar-refractivity contribution >= 4 is 24.1 Å². The number of hydrogen-bond donors (Lipinski definition) is 3. The van der Waals surface area contributed by atoms with E-state index in [1.807, 2.05) is 36.4 Å². The zero-order valence-corrected chi connectivity index (χ0v) is 16.6. The summed E-state index contributed by atoms with van der Waals surface area (Å²) in [6, 6.07) is 16.5. The molecule has 0 heterocycles. The first-order chi connectivity index (χ1) is 14.4. The average molecular weight is 411 g/mol. The van der Waals surface area contributed by atoms with Gasteiger partial charge in [0.25, 0.3) is 5.91 Å². The average Bonchev–Trinajstić information content (AvgIpc) is 2.74. The van der Waals surface area contributed by atoms with E-state index in [1.54, 1.807) is 24.3 Å². The Kier molecular flexibility index (Phi) is 8.71. The first-order valence-electron chi connectivity index (χ1n) is 9.52. The number of hydrogen-bond acceptors (Lipinski definition) is 5. The number of aliphatic carboxylic acids is 2. The lowest BCUT2D eigenvalue weighted by molar-refractivity contribution is -0.146. The van der Waals surface area contributed by atoms with Crippen molar-refractivity contribution in [2.75, 3.05) is 6.54 Å². The maximum Gasteiger partial charge on any atom is 0.325 e. The van der Waals surface area contributed by atoms with E-state index in [0.717, 1.165) is 10.6 Å². The maximum absolute atomic E-state index is 12.7. The zero-order valence-electron chi connectivity index (χ0n) is 16.6. The molecule has 0 radical (unpaired) electrons. The molecule has 0 saturated carbocycles. The molecular weight excluding hydrogens is 386 g/mol. The highest BCUT2D eigenvalue weighted by molar-refractivity contribution is 5.87. The lowest BCUT2D eigenvalue weighted by Crippen LogP contribution is -2.50. The molecule has 8 nitrogen and oxygen atoms in total. The van der Waals surface area contributed by atoms with E-state index in [0.29, 0.717) is 12.0 Å². The first kappa shape index (κ1) is 22.8. The number of carboxylic acid groups (broad SMARTS) is 2. The van der Waals surface area contributed by atoms with Crippen LogP contribution in [-0.2, 0) is 20.8 Å². The van der Waals surface area contributed by atoms with Gasteiger partial charge in [-0.15, -0.1) is 0 Å². The Morgan fingerprint density at radius 3 is 2.20 bits per heavy atom. The minimum absolute atomic E-state index is 0.281. The summed E-state index contributed by atoms with van der Waals surface area (Å²) in [5, 5.41) is 26.2. The van der Waals surface area contributed by atoms with Crippen molar-refractivity contribution in [2.24, 2.45) is 5.10 Å². The highest BCUT2D eigenvalue weighted by atomic mass is 16.4. The molecule has 0 spiro atoms. The molecule has 2 atom stereocenters. The van der Waals surface area contributed by atoms with Gasteiger partial charge < -0.3 is 10.2 Å². The molecule has 2 aromatic rings. The molecule has 0 saturated heterocycles. The Morgan fingerprint density at radius 1 is 1.03 bits per heavy atom. The molecule has 3 N–H and O–H groups in total. The summed E-state index contributed by atoms with van der Waals surface area (Å²) in [5.74, 6) is -2.93. The molecule has 158 valence electrons.